The van der Waals surface area contributed by atoms with Crippen molar-refractivity contribution in [1.29, 1.82) is 0 Å². The molecular weight excluding hydrogens is 228 g/mol. The summed E-state index contributed by atoms with van der Waals surface area (Å²) >= 11 is 0. The fraction of sp³-hybridized carbons (Fsp3) is 0.417. The van der Waals surface area contributed by atoms with E-state index in [1.54, 1.807) is 6.20 Å². The van der Waals surface area contributed by atoms with E-state index in [2.05, 4.69) is 41.1 Å². The van der Waals surface area contributed by atoms with Crippen molar-refractivity contribution in [3.63, 3.8) is 0 Å². The molecule has 6 heteroatoms. The maximum atomic E-state index is 5.52. The summed E-state index contributed by atoms with van der Waals surface area (Å²) in [4.78, 5) is 12.9. The number of rotatable bonds is 4. The molecule has 0 atom stereocenters. The first-order chi connectivity index (χ1) is 8.69. The topological polar surface area (TPSA) is 81.7 Å². The Bertz CT molecular complexity index is 531. The van der Waals surface area contributed by atoms with Crippen molar-refractivity contribution in [1.82, 2.24) is 19.5 Å². The van der Waals surface area contributed by atoms with Crippen LogP contribution < -0.4 is 11.3 Å². The lowest BCUT2D eigenvalue weighted by molar-refractivity contribution is 0.792. The lowest BCUT2D eigenvalue weighted by Crippen LogP contribution is -2.15. The number of nitrogens with one attached hydrogen (secondary N) is 1. The standard InChI is InChI=1S/C12H18N6/c1-4-9-14-5-6-18(9)12-10(8(2)3)11(17-13)15-7-16-12/h5-8H,4,13H2,1-3H3,(H,15,16,17). The predicted molar refractivity (Wildman–Crippen MR) is 70.4 cm³/mol. The number of nitrogens with zero attached hydrogens (tertiary/aromatic N) is 4. The molecule has 0 spiro atoms. The zero-order valence-corrected chi connectivity index (χ0v) is 10.9. The van der Waals surface area contributed by atoms with Gasteiger partial charge in [0.05, 0.1) is 0 Å². The number of aromatic nitrogens is 4. The fourth-order valence-corrected chi connectivity index (χ4v) is 2.01. The number of aryl methyl sites for hydroxylation is 1. The largest absolute Gasteiger partial charge is 0.308 e. The Balaban J connectivity index is 2.64. The molecule has 0 fully saturated rings. The number of nitrogen functional groups attached to an aromatic ring is 1. The van der Waals surface area contributed by atoms with E-state index in [9.17, 15) is 0 Å². The molecule has 0 saturated carbocycles. The number of hydrazine groups is 1. The van der Waals surface area contributed by atoms with Crippen molar-refractivity contribution in [2.24, 2.45) is 5.84 Å². The minimum Gasteiger partial charge on any atom is -0.308 e. The molecule has 0 amide bonds. The fourth-order valence-electron chi connectivity index (χ4n) is 2.01. The summed E-state index contributed by atoms with van der Waals surface area (Å²) < 4.78 is 1.98. The Morgan fingerprint density at radius 2 is 2.11 bits per heavy atom. The van der Waals surface area contributed by atoms with Crippen molar-refractivity contribution in [2.45, 2.75) is 33.1 Å². The first-order valence-electron chi connectivity index (χ1n) is 6.03. The van der Waals surface area contributed by atoms with Gasteiger partial charge in [0.1, 0.15) is 23.8 Å². The molecule has 0 unspecified atom stereocenters. The maximum absolute atomic E-state index is 5.52. The molecule has 2 rings (SSSR count). The summed E-state index contributed by atoms with van der Waals surface area (Å²) in [6, 6.07) is 0. The molecule has 0 aliphatic rings. The highest BCUT2D eigenvalue weighted by Crippen LogP contribution is 2.27. The normalized spacial score (nSPS) is 10.9. The van der Waals surface area contributed by atoms with Gasteiger partial charge < -0.3 is 5.43 Å². The van der Waals surface area contributed by atoms with Crippen molar-refractivity contribution in [3.8, 4) is 5.82 Å². The minimum atomic E-state index is 0.263. The summed E-state index contributed by atoms with van der Waals surface area (Å²) in [5.41, 5.74) is 3.63. The molecule has 3 N–H and O–H groups in total. The van der Waals surface area contributed by atoms with Crippen molar-refractivity contribution in [2.75, 3.05) is 5.43 Å². The van der Waals surface area contributed by atoms with Gasteiger partial charge in [0.25, 0.3) is 0 Å². The first kappa shape index (κ1) is 12.5. The van der Waals surface area contributed by atoms with E-state index in [0.29, 0.717) is 5.82 Å². The van der Waals surface area contributed by atoms with E-state index in [0.717, 1.165) is 23.6 Å². The van der Waals surface area contributed by atoms with E-state index in [4.69, 9.17) is 5.84 Å². The second-order valence-electron chi connectivity index (χ2n) is 4.33. The molecule has 2 heterocycles. The molecule has 0 aliphatic heterocycles. The van der Waals surface area contributed by atoms with Crippen molar-refractivity contribution >= 4 is 5.82 Å². The van der Waals surface area contributed by atoms with Crippen LogP contribution in [0.4, 0.5) is 5.82 Å². The molecule has 0 aliphatic carbocycles. The van der Waals surface area contributed by atoms with Crippen LogP contribution in [0.2, 0.25) is 0 Å². The number of hydrogen-bond acceptors (Lipinski definition) is 5. The Morgan fingerprint density at radius 3 is 2.72 bits per heavy atom. The molecule has 0 saturated heterocycles. The average molecular weight is 246 g/mol. The second-order valence-corrected chi connectivity index (χ2v) is 4.33. The Labute approximate surface area is 106 Å². The van der Waals surface area contributed by atoms with E-state index in [1.165, 1.54) is 6.33 Å². The predicted octanol–water partition coefficient (Wildman–Crippen LogP) is 1.63. The van der Waals surface area contributed by atoms with Crippen LogP contribution in [0.1, 0.15) is 38.1 Å². The molecular formula is C12H18N6. The van der Waals surface area contributed by atoms with Gasteiger partial charge in [-0.05, 0) is 5.92 Å². The summed E-state index contributed by atoms with van der Waals surface area (Å²) in [6.07, 6.45) is 6.05. The molecule has 2 aromatic rings. The van der Waals surface area contributed by atoms with Crippen LogP contribution in [0.3, 0.4) is 0 Å². The Kier molecular flexibility index (Phi) is 3.57. The highest BCUT2D eigenvalue weighted by atomic mass is 15.3. The third kappa shape index (κ3) is 2.06. The van der Waals surface area contributed by atoms with Crippen LogP contribution in [0.25, 0.3) is 5.82 Å². The minimum absolute atomic E-state index is 0.263. The van der Waals surface area contributed by atoms with Crippen molar-refractivity contribution < 1.29 is 0 Å². The van der Waals surface area contributed by atoms with Crippen LogP contribution in [0.15, 0.2) is 18.7 Å². The monoisotopic (exact) mass is 246 g/mol. The number of anilines is 1. The van der Waals surface area contributed by atoms with Gasteiger partial charge in [-0.15, -0.1) is 0 Å². The smallest absolute Gasteiger partial charge is 0.149 e. The molecule has 0 bridgehead atoms. The SMILES string of the molecule is CCc1nccn1-c1ncnc(NN)c1C(C)C. The van der Waals surface area contributed by atoms with Gasteiger partial charge in [-0.25, -0.2) is 20.8 Å². The molecule has 0 radical (unpaired) electrons. The zero-order valence-electron chi connectivity index (χ0n) is 10.9. The van der Waals surface area contributed by atoms with Gasteiger partial charge in [0, 0.05) is 24.4 Å². The average Bonchev–Trinajstić information content (AvgIpc) is 2.85. The van der Waals surface area contributed by atoms with Crippen molar-refractivity contribution in [3.05, 3.63) is 30.1 Å². The van der Waals surface area contributed by atoms with Gasteiger partial charge in [-0.2, -0.15) is 0 Å². The van der Waals surface area contributed by atoms with Gasteiger partial charge in [-0.1, -0.05) is 20.8 Å². The van der Waals surface area contributed by atoms with Gasteiger partial charge in [0.2, 0.25) is 0 Å². The third-order valence-electron chi connectivity index (χ3n) is 2.84. The molecule has 96 valence electrons. The van der Waals surface area contributed by atoms with E-state index in [-0.39, 0.29) is 5.92 Å². The van der Waals surface area contributed by atoms with Gasteiger partial charge in [0.15, 0.2) is 0 Å². The second kappa shape index (κ2) is 5.14. The highest BCUT2D eigenvalue weighted by Gasteiger charge is 2.17. The quantitative estimate of drug-likeness (QED) is 0.633. The van der Waals surface area contributed by atoms with E-state index < -0.39 is 0 Å². The lowest BCUT2D eigenvalue weighted by Gasteiger charge is -2.16. The summed E-state index contributed by atoms with van der Waals surface area (Å²) in [6.45, 7) is 6.24. The zero-order chi connectivity index (χ0) is 13.1. The number of hydrogen-bond donors (Lipinski definition) is 2. The molecule has 6 nitrogen and oxygen atoms in total. The van der Waals surface area contributed by atoms with E-state index in [1.807, 2.05) is 10.8 Å². The maximum Gasteiger partial charge on any atom is 0.149 e. The number of nitrogens with two attached hydrogens (primary N) is 1. The first-order valence-corrected chi connectivity index (χ1v) is 6.03. The highest BCUT2D eigenvalue weighted by molar-refractivity contribution is 5.53. The van der Waals surface area contributed by atoms with Gasteiger partial charge in [-0.3, -0.25) is 4.57 Å². The molecule has 18 heavy (non-hydrogen) atoms. The van der Waals surface area contributed by atoms with E-state index >= 15 is 0 Å². The summed E-state index contributed by atoms with van der Waals surface area (Å²) in [5, 5.41) is 0. The third-order valence-corrected chi connectivity index (χ3v) is 2.84. The van der Waals surface area contributed by atoms with Gasteiger partial charge >= 0.3 is 0 Å². The van der Waals surface area contributed by atoms with Crippen LogP contribution in [0, 0.1) is 0 Å². The molecule has 2 aromatic heterocycles. The Morgan fingerprint density at radius 1 is 1.33 bits per heavy atom. The summed E-state index contributed by atoms with van der Waals surface area (Å²) in [5.74, 6) is 8.24. The number of imidazole rings is 1. The van der Waals surface area contributed by atoms with Crippen LogP contribution in [-0.2, 0) is 6.42 Å². The lowest BCUT2D eigenvalue weighted by atomic mass is 10.0. The Hall–Kier alpha value is -1.95. The van der Waals surface area contributed by atoms with Crippen LogP contribution >= 0.6 is 0 Å². The summed E-state index contributed by atoms with van der Waals surface area (Å²) in [7, 11) is 0. The van der Waals surface area contributed by atoms with Crippen LogP contribution in [0.5, 0.6) is 0 Å². The molecule has 0 aromatic carbocycles. The van der Waals surface area contributed by atoms with Crippen LogP contribution in [-0.4, -0.2) is 19.5 Å².